The van der Waals surface area contributed by atoms with Gasteiger partial charge in [-0.25, -0.2) is 9.79 Å². The van der Waals surface area contributed by atoms with Crippen molar-refractivity contribution in [2.24, 2.45) is 4.99 Å². The van der Waals surface area contributed by atoms with Gasteiger partial charge in [0.25, 0.3) is 0 Å². The molecule has 0 radical (unpaired) electrons. The summed E-state index contributed by atoms with van der Waals surface area (Å²) < 4.78 is 11.0. The Morgan fingerprint density at radius 2 is 1.87 bits per heavy atom. The zero-order valence-corrected chi connectivity index (χ0v) is 22.1. The van der Waals surface area contributed by atoms with Gasteiger partial charge in [0.05, 0.1) is 25.3 Å². The summed E-state index contributed by atoms with van der Waals surface area (Å²) in [6.45, 7) is 15.3. The Kier molecular flexibility index (Phi) is 11.6. The maximum atomic E-state index is 12.0. The number of guanidine groups is 1. The van der Waals surface area contributed by atoms with Crippen molar-refractivity contribution in [3.63, 3.8) is 0 Å². The molecule has 1 fully saturated rings. The molecule has 1 amide bonds. The van der Waals surface area contributed by atoms with Crippen molar-refractivity contribution in [2.75, 3.05) is 19.6 Å². The summed E-state index contributed by atoms with van der Waals surface area (Å²) in [4.78, 5) is 19.0. The van der Waals surface area contributed by atoms with E-state index in [9.17, 15) is 4.79 Å². The number of carbonyl (C=O) groups is 1. The van der Waals surface area contributed by atoms with Crippen molar-refractivity contribution >= 4 is 36.0 Å². The highest BCUT2D eigenvalue weighted by atomic mass is 127. The van der Waals surface area contributed by atoms with Gasteiger partial charge in [0.1, 0.15) is 5.60 Å². The molecular weight excluding hydrogens is 507 g/mol. The number of amides is 1. The largest absolute Gasteiger partial charge is 0.444 e. The topological polar surface area (TPSA) is 75.2 Å². The second kappa shape index (κ2) is 13.1. The monoisotopic (exact) mass is 546 g/mol. The first-order valence-corrected chi connectivity index (χ1v) is 10.9. The van der Waals surface area contributed by atoms with Gasteiger partial charge in [0.15, 0.2) is 5.96 Å². The van der Waals surface area contributed by atoms with E-state index in [0.717, 1.165) is 37.6 Å². The smallest absolute Gasteiger partial charge is 0.407 e. The van der Waals surface area contributed by atoms with E-state index in [1.165, 1.54) is 5.56 Å². The minimum atomic E-state index is -0.491. The molecule has 1 aliphatic rings. The maximum Gasteiger partial charge on any atom is 0.407 e. The highest BCUT2D eigenvalue weighted by molar-refractivity contribution is 14.0. The van der Waals surface area contributed by atoms with Gasteiger partial charge in [0, 0.05) is 19.6 Å². The number of hydrogen-bond donors (Lipinski definition) is 2. The summed E-state index contributed by atoms with van der Waals surface area (Å²) in [6, 6.07) is 8.45. The van der Waals surface area contributed by atoms with Gasteiger partial charge in [-0.15, -0.1) is 24.0 Å². The Bertz CT molecular complexity index is 702. The normalized spacial score (nSPS) is 16.8. The van der Waals surface area contributed by atoms with Crippen LogP contribution in [0.3, 0.4) is 0 Å². The predicted molar refractivity (Wildman–Crippen MR) is 136 cm³/mol. The summed E-state index contributed by atoms with van der Waals surface area (Å²) >= 11 is 0. The quantitative estimate of drug-likeness (QED) is 0.303. The fourth-order valence-electron chi connectivity index (χ4n) is 3.14. The summed E-state index contributed by atoms with van der Waals surface area (Å²) in [5, 5.41) is 6.33. The number of alkyl carbamates (subject to hydrolysis) is 1. The molecule has 0 spiro atoms. The summed E-state index contributed by atoms with van der Waals surface area (Å²) in [6.07, 6.45) is 0.734. The molecule has 0 saturated carbocycles. The van der Waals surface area contributed by atoms with E-state index in [-0.39, 0.29) is 42.2 Å². The van der Waals surface area contributed by atoms with Crippen LogP contribution in [0, 0.1) is 0 Å². The second-order valence-corrected chi connectivity index (χ2v) is 8.92. The third-order valence-corrected chi connectivity index (χ3v) is 4.56. The van der Waals surface area contributed by atoms with E-state index in [0.29, 0.717) is 13.2 Å². The van der Waals surface area contributed by atoms with Crippen LogP contribution in [0.25, 0.3) is 0 Å². The van der Waals surface area contributed by atoms with E-state index in [4.69, 9.17) is 14.5 Å². The number of nitrogens with zero attached hydrogens (tertiary/aromatic N) is 2. The maximum absolute atomic E-state index is 12.0. The highest BCUT2D eigenvalue weighted by Crippen LogP contribution is 2.13. The summed E-state index contributed by atoms with van der Waals surface area (Å²) in [7, 11) is 0. The molecule has 8 heteroatoms. The number of ether oxygens (including phenoxy) is 2. The summed E-state index contributed by atoms with van der Waals surface area (Å²) in [5.41, 5.74) is 1.83. The van der Waals surface area contributed by atoms with Crippen molar-refractivity contribution in [1.82, 2.24) is 15.5 Å². The molecule has 1 atom stereocenters. The van der Waals surface area contributed by atoms with Gasteiger partial charge >= 0.3 is 6.09 Å². The first-order valence-electron chi connectivity index (χ1n) is 10.9. The van der Waals surface area contributed by atoms with Crippen molar-refractivity contribution in [3.8, 4) is 0 Å². The molecule has 1 heterocycles. The number of nitrogens with one attached hydrogen (secondary N) is 2. The standard InChI is InChI=1S/C23H38N4O3.HI/c1-7-24-21(25-14-18-8-10-19(11-9-18)16-29-17(2)3)27-13-12-20(15-27)26-22(28)30-23(4,5)6;/h8-11,17,20H,7,12-16H2,1-6H3,(H,24,25)(H,26,28);1H. The number of aliphatic imine (C=N–C) groups is 1. The minimum absolute atomic E-state index is 0. The van der Waals surface area contributed by atoms with Crippen LogP contribution in [0.15, 0.2) is 29.3 Å². The van der Waals surface area contributed by atoms with Crippen molar-refractivity contribution in [2.45, 2.75) is 78.9 Å². The van der Waals surface area contributed by atoms with Crippen LogP contribution in [0.1, 0.15) is 59.1 Å². The Morgan fingerprint density at radius 1 is 1.23 bits per heavy atom. The van der Waals surface area contributed by atoms with Crippen LogP contribution in [0.2, 0.25) is 0 Å². The lowest BCUT2D eigenvalue weighted by Gasteiger charge is -2.23. The fourth-order valence-corrected chi connectivity index (χ4v) is 3.14. The molecule has 176 valence electrons. The van der Waals surface area contributed by atoms with Crippen LogP contribution < -0.4 is 10.6 Å². The van der Waals surface area contributed by atoms with E-state index in [1.807, 2.05) is 34.6 Å². The molecule has 1 aromatic carbocycles. The molecule has 0 bridgehead atoms. The number of halogens is 1. The van der Waals surface area contributed by atoms with Crippen LogP contribution in [0.4, 0.5) is 4.79 Å². The zero-order valence-electron chi connectivity index (χ0n) is 19.7. The Morgan fingerprint density at radius 3 is 2.45 bits per heavy atom. The highest BCUT2D eigenvalue weighted by Gasteiger charge is 2.27. The Labute approximate surface area is 204 Å². The first kappa shape index (κ1) is 27.5. The van der Waals surface area contributed by atoms with Gasteiger partial charge in [-0.1, -0.05) is 24.3 Å². The lowest BCUT2D eigenvalue weighted by Crippen LogP contribution is -2.44. The van der Waals surface area contributed by atoms with Crippen molar-refractivity contribution in [1.29, 1.82) is 0 Å². The molecule has 1 aliphatic heterocycles. The average Bonchev–Trinajstić information content (AvgIpc) is 3.10. The van der Waals surface area contributed by atoms with Gasteiger partial charge in [-0.3, -0.25) is 0 Å². The molecule has 1 saturated heterocycles. The Hall–Kier alpha value is -1.55. The number of carbonyl (C=O) groups excluding carboxylic acids is 1. The van der Waals surface area contributed by atoms with Crippen molar-refractivity contribution < 1.29 is 14.3 Å². The molecule has 0 aromatic heterocycles. The molecule has 2 N–H and O–H groups in total. The van der Waals surface area contributed by atoms with Gasteiger partial charge in [-0.05, 0) is 59.1 Å². The van der Waals surface area contributed by atoms with E-state index in [2.05, 4.69) is 46.7 Å². The average molecular weight is 546 g/mol. The molecule has 1 aromatic rings. The molecule has 31 heavy (non-hydrogen) atoms. The number of hydrogen-bond acceptors (Lipinski definition) is 4. The molecule has 2 rings (SSSR count). The lowest BCUT2D eigenvalue weighted by molar-refractivity contribution is 0.0507. The third-order valence-electron chi connectivity index (χ3n) is 4.56. The SMILES string of the molecule is CCNC(=NCc1ccc(COC(C)C)cc1)N1CCC(NC(=O)OC(C)(C)C)C1.I. The molecule has 0 aliphatic carbocycles. The molecule has 7 nitrogen and oxygen atoms in total. The van der Waals surface area contributed by atoms with E-state index < -0.39 is 5.60 Å². The van der Waals surface area contributed by atoms with Crippen LogP contribution in [-0.2, 0) is 22.6 Å². The van der Waals surface area contributed by atoms with Gasteiger partial charge < -0.3 is 25.0 Å². The van der Waals surface area contributed by atoms with Gasteiger partial charge in [0.2, 0.25) is 0 Å². The van der Waals surface area contributed by atoms with Crippen LogP contribution >= 0.6 is 24.0 Å². The van der Waals surface area contributed by atoms with E-state index >= 15 is 0 Å². The number of rotatable bonds is 7. The minimum Gasteiger partial charge on any atom is -0.444 e. The van der Waals surface area contributed by atoms with Gasteiger partial charge in [-0.2, -0.15) is 0 Å². The Balaban J connectivity index is 0.00000480. The second-order valence-electron chi connectivity index (χ2n) is 8.92. The van der Waals surface area contributed by atoms with Crippen LogP contribution in [-0.4, -0.2) is 54.3 Å². The molecule has 1 unspecified atom stereocenters. The predicted octanol–water partition coefficient (Wildman–Crippen LogP) is 4.29. The van der Waals surface area contributed by atoms with E-state index in [1.54, 1.807) is 0 Å². The first-order chi connectivity index (χ1) is 14.2. The van der Waals surface area contributed by atoms with Crippen LogP contribution in [0.5, 0.6) is 0 Å². The zero-order chi connectivity index (χ0) is 22.1. The number of benzene rings is 1. The lowest BCUT2D eigenvalue weighted by atomic mass is 10.1. The fraction of sp³-hybridized carbons (Fsp3) is 0.652. The summed E-state index contributed by atoms with van der Waals surface area (Å²) in [5.74, 6) is 0.873. The molecular formula is C23H39IN4O3. The number of likely N-dealkylation sites (tertiary alicyclic amines) is 1. The third kappa shape index (κ3) is 10.5. The van der Waals surface area contributed by atoms with Crippen molar-refractivity contribution in [3.05, 3.63) is 35.4 Å².